The lowest BCUT2D eigenvalue weighted by atomic mass is 9.97. The van der Waals surface area contributed by atoms with Gasteiger partial charge in [0.15, 0.2) is 0 Å². The van der Waals surface area contributed by atoms with Crippen LogP contribution < -0.4 is 10.6 Å². The van der Waals surface area contributed by atoms with Gasteiger partial charge in [0.2, 0.25) is 0 Å². The maximum atomic E-state index is 5.56. The van der Waals surface area contributed by atoms with Gasteiger partial charge in [0, 0.05) is 51.0 Å². The number of nitrogens with zero attached hydrogens (tertiary/aromatic N) is 2. The van der Waals surface area contributed by atoms with Gasteiger partial charge < -0.3 is 20.3 Å². The molecule has 1 aromatic carbocycles. The zero-order valence-corrected chi connectivity index (χ0v) is 13.4. The molecule has 1 unspecified atom stereocenters. The Morgan fingerprint density at radius 2 is 2.04 bits per heavy atom. The highest BCUT2D eigenvalue weighted by Crippen LogP contribution is 2.34. The van der Waals surface area contributed by atoms with E-state index >= 15 is 0 Å². The van der Waals surface area contributed by atoms with E-state index in [4.69, 9.17) is 9.73 Å². The predicted octanol–water partition coefficient (Wildman–Crippen LogP) is 2.28. The topological polar surface area (TPSA) is 48.9 Å². The summed E-state index contributed by atoms with van der Waals surface area (Å²) < 4.78 is 5.56. The third kappa shape index (κ3) is 2.78. The molecule has 2 aliphatic heterocycles. The molecule has 0 spiro atoms. The number of para-hydroxylation sites is 2. The minimum atomic E-state index is 0.116. The van der Waals surface area contributed by atoms with Crippen LogP contribution in [0.4, 0.5) is 11.4 Å². The Bertz CT molecular complexity index is 686. The molecule has 4 rings (SSSR count). The monoisotopic (exact) mass is 310 g/mol. The number of hydrogen-bond donors (Lipinski definition) is 2. The van der Waals surface area contributed by atoms with E-state index in [0.29, 0.717) is 0 Å². The minimum Gasteiger partial charge on any atom is -0.377 e. The molecule has 0 bridgehead atoms. The van der Waals surface area contributed by atoms with Gasteiger partial charge in [-0.25, -0.2) is 4.99 Å². The molecule has 0 radical (unpaired) electrons. The summed E-state index contributed by atoms with van der Waals surface area (Å²) in [4.78, 5) is 7.41. The van der Waals surface area contributed by atoms with Crippen molar-refractivity contribution in [1.29, 1.82) is 0 Å². The first-order valence-electron chi connectivity index (χ1n) is 8.20. The maximum absolute atomic E-state index is 5.56. The quantitative estimate of drug-likeness (QED) is 0.835. The van der Waals surface area contributed by atoms with E-state index in [1.54, 1.807) is 7.11 Å². The third-order valence-corrected chi connectivity index (χ3v) is 4.60. The fourth-order valence-electron chi connectivity index (χ4n) is 3.32. The number of hydrogen-bond acceptors (Lipinski definition) is 5. The van der Waals surface area contributed by atoms with Gasteiger partial charge >= 0.3 is 0 Å². The molecule has 23 heavy (non-hydrogen) atoms. The van der Waals surface area contributed by atoms with Gasteiger partial charge in [-0.05, 0) is 18.2 Å². The van der Waals surface area contributed by atoms with E-state index < -0.39 is 0 Å². The summed E-state index contributed by atoms with van der Waals surface area (Å²) in [5.41, 5.74) is 4.45. The Kier molecular flexibility index (Phi) is 3.89. The predicted molar refractivity (Wildman–Crippen MR) is 93.2 cm³/mol. The highest BCUT2D eigenvalue weighted by Gasteiger charge is 2.27. The highest BCUT2D eigenvalue weighted by atomic mass is 16.5. The Labute approximate surface area is 136 Å². The lowest BCUT2D eigenvalue weighted by Crippen LogP contribution is -2.47. The van der Waals surface area contributed by atoms with Crippen molar-refractivity contribution >= 4 is 17.2 Å². The number of aliphatic imine (C=N–C) groups is 1. The average molecular weight is 310 g/mol. The first-order chi connectivity index (χ1) is 11.3. The summed E-state index contributed by atoms with van der Waals surface area (Å²) >= 11 is 0. The molecule has 0 amide bonds. The van der Waals surface area contributed by atoms with E-state index in [2.05, 4.69) is 39.8 Å². The number of rotatable bonds is 1. The Hall–Kier alpha value is -2.11. The molecule has 0 saturated carbocycles. The zero-order valence-electron chi connectivity index (χ0n) is 13.4. The smallest absolute Gasteiger partial charge is 0.134 e. The fraction of sp³-hybridized carbons (Fsp3) is 0.389. The molecule has 1 saturated heterocycles. The Morgan fingerprint density at radius 1 is 1.22 bits per heavy atom. The van der Waals surface area contributed by atoms with Crippen LogP contribution in [0.25, 0.3) is 0 Å². The Morgan fingerprint density at radius 3 is 2.87 bits per heavy atom. The zero-order chi connectivity index (χ0) is 15.6. The van der Waals surface area contributed by atoms with Crippen molar-refractivity contribution in [2.75, 3.05) is 38.6 Å². The molecule has 5 heteroatoms. The van der Waals surface area contributed by atoms with Crippen LogP contribution in [0.15, 0.2) is 52.7 Å². The second kappa shape index (κ2) is 6.18. The van der Waals surface area contributed by atoms with Crippen LogP contribution in [-0.2, 0) is 4.74 Å². The van der Waals surface area contributed by atoms with Crippen molar-refractivity contribution in [2.24, 2.45) is 4.99 Å². The van der Waals surface area contributed by atoms with Crippen LogP contribution >= 0.6 is 0 Å². The van der Waals surface area contributed by atoms with Crippen molar-refractivity contribution < 1.29 is 4.74 Å². The van der Waals surface area contributed by atoms with E-state index in [1.165, 1.54) is 5.57 Å². The molecule has 3 aliphatic rings. The van der Waals surface area contributed by atoms with Crippen LogP contribution in [0, 0.1) is 0 Å². The number of fused-ring (bicyclic) bond motifs is 1. The van der Waals surface area contributed by atoms with E-state index in [9.17, 15) is 0 Å². The summed E-state index contributed by atoms with van der Waals surface area (Å²) in [5, 5.41) is 6.97. The standard InChI is InChI=1S/C18H22N4O/c1-23-13-6-7-15-14(12-13)18(22-10-8-19-9-11-22)21-17-5-3-2-4-16(17)20-15/h2-7,13,19-20H,8-12H2,1H3. The fourth-order valence-corrected chi connectivity index (χ4v) is 3.32. The van der Waals surface area contributed by atoms with Crippen molar-refractivity contribution in [1.82, 2.24) is 10.2 Å². The molecule has 1 atom stereocenters. The van der Waals surface area contributed by atoms with Crippen molar-refractivity contribution in [3.05, 3.63) is 47.7 Å². The van der Waals surface area contributed by atoms with Gasteiger partial charge in [-0.3, -0.25) is 0 Å². The Balaban J connectivity index is 1.79. The molecule has 2 N–H and O–H groups in total. The number of ether oxygens (including phenoxy) is 1. The van der Waals surface area contributed by atoms with Gasteiger partial charge in [-0.15, -0.1) is 0 Å². The number of anilines is 1. The number of amidine groups is 1. The lowest BCUT2D eigenvalue weighted by molar-refractivity contribution is 0.140. The summed E-state index contributed by atoms with van der Waals surface area (Å²) in [6.45, 7) is 3.97. The molecular formula is C18H22N4O. The van der Waals surface area contributed by atoms with Crippen LogP contribution in [0.5, 0.6) is 0 Å². The van der Waals surface area contributed by atoms with Crippen LogP contribution in [0.1, 0.15) is 6.42 Å². The molecular weight excluding hydrogens is 288 g/mol. The van der Waals surface area contributed by atoms with Crippen molar-refractivity contribution in [3.63, 3.8) is 0 Å². The molecule has 5 nitrogen and oxygen atoms in total. The molecule has 1 aliphatic carbocycles. The summed E-state index contributed by atoms with van der Waals surface area (Å²) in [6.07, 6.45) is 5.22. The van der Waals surface area contributed by atoms with Gasteiger partial charge in [0.25, 0.3) is 0 Å². The average Bonchev–Trinajstić information content (AvgIpc) is 2.78. The SMILES string of the molecule is COC1C=CC2=C(C1)C(N1CCNCC1)=Nc1ccccc1N2. The normalized spacial score (nSPS) is 23.6. The van der Waals surface area contributed by atoms with Gasteiger partial charge in [-0.2, -0.15) is 0 Å². The van der Waals surface area contributed by atoms with E-state index in [0.717, 1.165) is 55.5 Å². The maximum Gasteiger partial charge on any atom is 0.134 e. The van der Waals surface area contributed by atoms with Gasteiger partial charge in [0.1, 0.15) is 5.84 Å². The molecule has 120 valence electrons. The number of allylic oxidation sites excluding steroid dienone is 1. The first-order valence-corrected chi connectivity index (χ1v) is 8.20. The second-order valence-electron chi connectivity index (χ2n) is 6.04. The van der Waals surface area contributed by atoms with E-state index in [-0.39, 0.29) is 6.10 Å². The van der Waals surface area contributed by atoms with Crippen LogP contribution in [0.3, 0.4) is 0 Å². The number of methoxy groups -OCH3 is 1. The molecule has 0 aromatic heterocycles. The van der Waals surface area contributed by atoms with E-state index in [1.807, 2.05) is 12.1 Å². The largest absolute Gasteiger partial charge is 0.377 e. The lowest BCUT2D eigenvalue weighted by Gasteiger charge is -2.33. The van der Waals surface area contributed by atoms with Gasteiger partial charge in [-0.1, -0.05) is 18.2 Å². The van der Waals surface area contributed by atoms with Gasteiger partial charge in [0.05, 0.1) is 17.5 Å². The molecule has 2 heterocycles. The molecule has 1 aromatic rings. The molecule has 1 fully saturated rings. The number of nitrogens with one attached hydrogen (secondary N) is 2. The number of piperazine rings is 1. The highest BCUT2D eigenvalue weighted by molar-refractivity contribution is 6.04. The number of benzene rings is 1. The minimum absolute atomic E-state index is 0.116. The first kappa shape index (κ1) is 14.5. The van der Waals surface area contributed by atoms with Crippen LogP contribution in [0.2, 0.25) is 0 Å². The van der Waals surface area contributed by atoms with Crippen molar-refractivity contribution in [3.8, 4) is 0 Å². The third-order valence-electron chi connectivity index (χ3n) is 4.60. The van der Waals surface area contributed by atoms with Crippen LogP contribution in [-0.4, -0.2) is 50.1 Å². The summed E-state index contributed by atoms with van der Waals surface area (Å²) in [6, 6.07) is 8.24. The summed E-state index contributed by atoms with van der Waals surface area (Å²) in [5.74, 6) is 1.09. The second-order valence-corrected chi connectivity index (χ2v) is 6.04. The summed E-state index contributed by atoms with van der Waals surface area (Å²) in [7, 11) is 1.76. The van der Waals surface area contributed by atoms with Crippen molar-refractivity contribution in [2.45, 2.75) is 12.5 Å².